The lowest BCUT2D eigenvalue weighted by atomic mass is 10.1. The van der Waals surface area contributed by atoms with Gasteiger partial charge in [0.05, 0.1) is 4.90 Å². The number of thioether (sulfide) groups is 1. The molecule has 1 aromatic rings. The Morgan fingerprint density at radius 1 is 1.24 bits per heavy atom. The van der Waals surface area contributed by atoms with E-state index < -0.39 is 10.0 Å². The molecule has 1 aromatic carbocycles. The molecular weight excluding hydrogens is 304 g/mol. The molecule has 0 unspecified atom stereocenters. The van der Waals surface area contributed by atoms with Crippen molar-refractivity contribution >= 4 is 27.5 Å². The highest BCUT2D eigenvalue weighted by atomic mass is 32.2. The maximum Gasteiger partial charge on any atom is 0.243 e. The third kappa shape index (κ3) is 3.07. The van der Waals surface area contributed by atoms with Crippen LogP contribution in [-0.4, -0.2) is 36.3 Å². The van der Waals surface area contributed by atoms with Crippen LogP contribution < -0.4 is 5.73 Å². The summed E-state index contributed by atoms with van der Waals surface area (Å²) in [6, 6.07) is 1.85. The maximum absolute atomic E-state index is 13.1. The molecule has 0 atom stereocenters. The van der Waals surface area contributed by atoms with Crippen LogP contribution in [0, 0.1) is 20.8 Å². The van der Waals surface area contributed by atoms with Gasteiger partial charge in [-0.05, 0) is 57.4 Å². The van der Waals surface area contributed by atoms with Gasteiger partial charge in [0.25, 0.3) is 0 Å². The standard InChI is InChI=1S/C15H24N2O2S2/c1-10-8-13(16)12(3)14(11(10)2)21(18,19)17-6-7-20-15(4,5)9-17/h8H,6-7,9,16H2,1-5H3. The average Bonchev–Trinajstić information content (AvgIpc) is 2.35. The van der Waals surface area contributed by atoms with Crippen LogP contribution in [0.15, 0.2) is 11.0 Å². The number of aryl methyl sites for hydroxylation is 1. The van der Waals surface area contributed by atoms with Gasteiger partial charge < -0.3 is 5.73 Å². The second kappa shape index (κ2) is 5.48. The second-order valence-corrected chi connectivity index (χ2v) is 9.99. The van der Waals surface area contributed by atoms with E-state index in [0.717, 1.165) is 16.9 Å². The predicted molar refractivity (Wildman–Crippen MR) is 90.4 cm³/mol. The van der Waals surface area contributed by atoms with Crippen molar-refractivity contribution in [1.82, 2.24) is 4.31 Å². The van der Waals surface area contributed by atoms with Crippen molar-refractivity contribution in [3.8, 4) is 0 Å². The summed E-state index contributed by atoms with van der Waals surface area (Å²) in [5, 5.41) is 0. The molecule has 21 heavy (non-hydrogen) atoms. The van der Waals surface area contributed by atoms with Gasteiger partial charge in [0.1, 0.15) is 0 Å². The Morgan fingerprint density at radius 2 is 1.86 bits per heavy atom. The Labute approximate surface area is 132 Å². The molecule has 118 valence electrons. The van der Waals surface area contributed by atoms with Crippen LogP contribution in [0.25, 0.3) is 0 Å². The van der Waals surface area contributed by atoms with Crippen molar-refractivity contribution < 1.29 is 8.42 Å². The fourth-order valence-electron chi connectivity index (χ4n) is 2.74. The third-order valence-corrected chi connectivity index (χ3v) is 7.48. The van der Waals surface area contributed by atoms with Crippen LogP contribution in [0.5, 0.6) is 0 Å². The Kier molecular flexibility index (Phi) is 4.35. The zero-order valence-electron chi connectivity index (χ0n) is 13.4. The lowest BCUT2D eigenvalue weighted by molar-refractivity contribution is 0.387. The highest BCUT2D eigenvalue weighted by Crippen LogP contribution is 2.35. The minimum Gasteiger partial charge on any atom is -0.398 e. The minimum absolute atomic E-state index is 0.0531. The maximum atomic E-state index is 13.1. The lowest BCUT2D eigenvalue weighted by Gasteiger charge is -2.37. The van der Waals surface area contributed by atoms with Crippen LogP contribution in [0.3, 0.4) is 0 Å². The first kappa shape index (κ1) is 16.6. The second-order valence-electron chi connectivity index (χ2n) is 6.31. The molecule has 1 fully saturated rings. The van der Waals surface area contributed by atoms with E-state index in [2.05, 4.69) is 13.8 Å². The van der Waals surface area contributed by atoms with Gasteiger partial charge in [0, 0.05) is 29.3 Å². The van der Waals surface area contributed by atoms with Gasteiger partial charge in [-0.15, -0.1) is 0 Å². The van der Waals surface area contributed by atoms with Crippen molar-refractivity contribution in [3.05, 3.63) is 22.8 Å². The van der Waals surface area contributed by atoms with Crippen molar-refractivity contribution in [1.29, 1.82) is 0 Å². The monoisotopic (exact) mass is 328 g/mol. The summed E-state index contributed by atoms with van der Waals surface area (Å²) in [7, 11) is -3.50. The Bertz CT molecular complexity index is 640. The van der Waals surface area contributed by atoms with Crippen molar-refractivity contribution in [2.45, 2.75) is 44.3 Å². The Balaban J connectivity index is 2.55. The number of hydrogen-bond acceptors (Lipinski definition) is 4. The molecule has 4 nitrogen and oxygen atoms in total. The van der Waals surface area contributed by atoms with E-state index in [9.17, 15) is 8.42 Å². The van der Waals surface area contributed by atoms with E-state index >= 15 is 0 Å². The van der Waals surface area contributed by atoms with Crippen molar-refractivity contribution in [2.24, 2.45) is 0 Å². The number of anilines is 1. The van der Waals surface area contributed by atoms with E-state index in [0.29, 0.717) is 29.2 Å². The van der Waals surface area contributed by atoms with Gasteiger partial charge in [-0.1, -0.05) is 0 Å². The van der Waals surface area contributed by atoms with E-state index in [4.69, 9.17) is 5.73 Å². The molecule has 2 N–H and O–H groups in total. The van der Waals surface area contributed by atoms with E-state index in [1.807, 2.05) is 31.7 Å². The molecule has 0 aromatic heterocycles. The molecule has 1 aliphatic heterocycles. The SMILES string of the molecule is Cc1cc(N)c(C)c(S(=O)(=O)N2CCSC(C)(C)C2)c1C. The number of sulfonamides is 1. The zero-order valence-corrected chi connectivity index (χ0v) is 15.0. The van der Waals surface area contributed by atoms with Gasteiger partial charge in [0.15, 0.2) is 0 Å². The van der Waals surface area contributed by atoms with Crippen LogP contribution in [0.4, 0.5) is 5.69 Å². The molecule has 1 heterocycles. The predicted octanol–water partition coefficient (Wildman–Crippen LogP) is 2.71. The molecule has 0 aliphatic carbocycles. The Hall–Kier alpha value is -0.720. The van der Waals surface area contributed by atoms with E-state index in [-0.39, 0.29) is 4.75 Å². The normalized spacial score (nSPS) is 19.7. The first-order valence-electron chi connectivity index (χ1n) is 7.06. The average molecular weight is 329 g/mol. The topological polar surface area (TPSA) is 63.4 Å². The summed E-state index contributed by atoms with van der Waals surface area (Å²) in [5.41, 5.74) is 8.91. The molecule has 0 amide bonds. The molecule has 0 saturated carbocycles. The highest BCUT2D eigenvalue weighted by Gasteiger charge is 2.36. The van der Waals surface area contributed by atoms with E-state index in [1.165, 1.54) is 0 Å². The van der Waals surface area contributed by atoms with Crippen LogP contribution in [0.1, 0.15) is 30.5 Å². The van der Waals surface area contributed by atoms with Gasteiger partial charge >= 0.3 is 0 Å². The molecule has 2 rings (SSSR count). The Morgan fingerprint density at radius 3 is 2.43 bits per heavy atom. The third-order valence-electron chi connectivity index (χ3n) is 4.07. The van der Waals surface area contributed by atoms with Crippen molar-refractivity contribution in [2.75, 3.05) is 24.6 Å². The number of nitrogens with two attached hydrogens (primary N) is 1. The van der Waals surface area contributed by atoms with Crippen LogP contribution in [0.2, 0.25) is 0 Å². The highest BCUT2D eigenvalue weighted by molar-refractivity contribution is 8.00. The first-order valence-corrected chi connectivity index (χ1v) is 9.49. The number of hydrogen-bond donors (Lipinski definition) is 1. The lowest BCUT2D eigenvalue weighted by Crippen LogP contribution is -2.46. The summed E-state index contributed by atoms with van der Waals surface area (Å²) in [6.07, 6.45) is 0. The van der Waals surface area contributed by atoms with Crippen LogP contribution in [-0.2, 0) is 10.0 Å². The van der Waals surface area contributed by atoms with Gasteiger partial charge in [-0.3, -0.25) is 0 Å². The molecule has 0 bridgehead atoms. The summed E-state index contributed by atoms with van der Waals surface area (Å²) < 4.78 is 27.7. The van der Waals surface area contributed by atoms with Crippen LogP contribution >= 0.6 is 11.8 Å². The largest absolute Gasteiger partial charge is 0.398 e. The number of benzene rings is 1. The fraction of sp³-hybridized carbons (Fsp3) is 0.600. The molecule has 1 aliphatic rings. The smallest absolute Gasteiger partial charge is 0.243 e. The quantitative estimate of drug-likeness (QED) is 0.848. The number of rotatable bonds is 2. The summed E-state index contributed by atoms with van der Waals surface area (Å²) in [4.78, 5) is 0.391. The zero-order chi connectivity index (χ0) is 16.0. The van der Waals surface area contributed by atoms with Gasteiger partial charge in [-0.2, -0.15) is 16.1 Å². The fourth-order valence-corrected chi connectivity index (χ4v) is 6.18. The number of nitrogens with zero attached hydrogens (tertiary/aromatic N) is 1. The number of nitrogen functional groups attached to an aromatic ring is 1. The van der Waals surface area contributed by atoms with Gasteiger partial charge in [-0.25, -0.2) is 8.42 Å². The van der Waals surface area contributed by atoms with E-state index in [1.54, 1.807) is 11.2 Å². The minimum atomic E-state index is -3.50. The summed E-state index contributed by atoms with van der Waals surface area (Å²) >= 11 is 1.82. The summed E-state index contributed by atoms with van der Waals surface area (Å²) in [5.74, 6) is 0.825. The summed E-state index contributed by atoms with van der Waals surface area (Å²) in [6.45, 7) is 10.8. The molecular formula is C15H24N2O2S2. The first-order chi connectivity index (χ1) is 9.56. The molecule has 0 radical (unpaired) electrons. The molecule has 6 heteroatoms. The molecule has 1 saturated heterocycles. The molecule has 0 spiro atoms. The van der Waals surface area contributed by atoms with Gasteiger partial charge in [0.2, 0.25) is 10.0 Å². The van der Waals surface area contributed by atoms with Crippen molar-refractivity contribution in [3.63, 3.8) is 0 Å².